The van der Waals surface area contributed by atoms with Crippen molar-refractivity contribution in [3.05, 3.63) is 199 Å². The molecule has 1 atom stereocenters. The predicted molar refractivity (Wildman–Crippen MR) is 203 cm³/mol. The Morgan fingerprint density at radius 1 is 0.449 bits per heavy atom. The molecule has 0 aliphatic carbocycles. The Morgan fingerprint density at radius 3 is 1.78 bits per heavy atom. The summed E-state index contributed by atoms with van der Waals surface area (Å²) in [5.74, 6) is 0.805. The van der Waals surface area contributed by atoms with Crippen LogP contribution in [0.3, 0.4) is 0 Å². The number of para-hydroxylation sites is 1. The third-order valence-electron chi connectivity index (χ3n) is 9.33. The maximum Gasteiger partial charge on any atom is 0.136 e. The molecule has 232 valence electrons. The van der Waals surface area contributed by atoms with Crippen LogP contribution in [0.4, 0.5) is 0 Å². The molecule has 0 bridgehead atoms. The fourth-order valence-electron chi connectivity index (χ4n) is 6.86. The molecule has 7 aromatic carbocycles. The van der Waals surface area contributed by atoms with Gasteiger partial charge in [-0.15, -0.1) is 0 Å². The monoisotopic (exact) mass is 628 g/mol. The van der Waals surface area contributed by atoms with E-state index in [-0.39, 0.29) is 6.04 Å². The van der Waals surface area contributed by atoms with Crippen molar-refractivity contribution in [3.63, 3.8) is 0 Å². The Labute approximate surface area is 285 Å². The molecular weight excluding hydrogens is 597 g/mol. The number of aliphatic imine (C=N–C) groups is 1. The topological polar surface area (TPSA) is 37.5 Å². The summed E-state index contributed by atoms with van der Waals surface area (Å²) < 4.78 is 6.49. The smallest absolute Gasteiger partial charge is 0.136 e. The minimum atomic E-state index is -0.0979. The molecule has 0 saturated heterocycles. The van der Waals surface area contributed by atoms with Crippen LogP contribution in [0.2, 0.25) is 0 Å². The lowest BCUT2D eigenvalue weighted by Gasteiger charge is -2.25. The van der Waals surface area contributed by atoms with Gasteiger partial charge in [0.15, 0.2) is 0 Å². The minimum Gasteiger partial charge on any atom is -0.456 e. The second kappa shape index (κ2) is 12.3. The fourth-order valence-corrected chi connectivity index (χ4v) is 6.86. The van der Waals surface area contributed by atoms with Crippen molar-refractivity contribution in [1.29, 1.82) is 0 Å². The van der Waals surface area contributed by atoms with E-state index in [2.05, 4.69) is 175 Å². The van der Waals surface area contributed by atoms with E-state index in [9.17, 15) is 0 Å². The van der Waals surface area contributed by atoms with Crippen LogP contribution in [0.5, 0.6) is 0 Å². The Balaban J connectivity index is 1.19. The Hall–Kier alpha value is -6.45. The van der Waals surface area contributed by atoms with Crippen LogP contribution >= 0.6 is 0 Å². The number of furan rings is 1. The highest BCUT2D eigenvalue weighted by atomic mass is 16.3. The van der Waals surface area contributed by atoms with Crippen molar-refractivity contribution in [1.82, 2.24) is 5.32 Å². The molecule has 1 aliphatic rings. The molecule has 3 heteroatoms. The molecule has 1 aromatic heterocycles. The second-order valence-corrected chi connectivity index (χ2v) is 12.4. The van der Waals surface area contributed by atoms with E-state index in [1.165, 1.54) is 16.7 Å². The number of nitrogens with one attached hydrogen (secondary N) is 1. The average Bonchev–Trinajstić information content (AvgIpc) is 3.57. The number of benzene rings is 7. The molecule has 1 aliphatic heterocycles. The van der Waals surface area contributed by atoms with Crippen LogP contribution in [0.15, 0.2) is 191 Å². The highest BCUT2D eigenvalue weighted by Crippen LogP contribution is 2.39. The summed E-state index contributed by atoms with van der Waals surface area (Å²) in [6.45, 7) is 0. The predicted octanol–water partition coefficient (Wildman–Crippen LogP) is 11.7. The number of nitrogens with zero attached hydrogens (tertiary/aromatic N) is 1. The first-order valence-corrected chi connectivity index (χ1v) is 16.7. The highest BCUT2D eigenvalue weighted by molar-refractivity contribution is 6.16. The third-order valence-corrected chi connectivity index (χ3v) is 9.33. The van der Waals surface area contributed by atoms with Gasteiger partial charge in [0.2, 0.25) is 0 Å². The zero-order chi connectivity index (χ0) is 32.6. The lowest BCUT2D eigenvalue weighted by molar-refractivity contribution is 0.668. The number of hydrogen-bond acceptors (Lipinski definition) is 3. The van der Waals surface area contributed by atoms with Gasteiger partial charge in [0.1, 0.15) is 17.0 Å². The summed E-state index contributed by atoms with van der Waals surface area (Å²) in [6.07, 6.45) is 2.24. The largest absolute Gasteiger partial charge is 0.456 e. The summed E-state index contributed by atoms with van der Waals surface area (Å²) >= 11 is 0. The quantitative estimate of drug-likeness (QED) is 0.199. The third kappa shape index (κ3) is 5.52. The van der Waals surface area contributed by atoms with E-state index in [1.807, 2.05) is 12.1 Å². The Kier molecular flexibility index (Phi) is 7.21. The summed E-state index contributed by atoms with van der Waals surface area (Å²) in [5.41, 5.74) is 12.8. The lowest BCUT2D eigenvalue weighted by atomic mass is 9.94. The molecule has 8 aromatic rings. The molecule has 0 spiro atoms. The molecule has 0 amide bonds. The van der Waals surface area contributed by atoms with Crippen molar-refractivity contribution >= 4 is 33.5 Å². The number of rotatable bonds is 6. The van der Waals surface area contributed by atoms with Gasteiger partial charge in [-0.25, -0.2) is 4.99 Å². The van der Waals surface area contributed by atoms with Crippen molar-refractivity contribution in [2.45, 2.75) is 6.04 Å². The van der Waals surface area contributed by atoms with Gasteiger partial charge in [-0.2, -0.15) is 0 Å². The van der Waals surface area contributed by atoms with Crippen LogP contribution in [-0.4, -0.2) is 5.84 Å². The summed E-state index contributed by atoms with van der Waals surface area (Å²) in [7, 11) is 0. The van der Waals surface area contributed by atoms with Crippen molar-refractivity contribution in [3.8, 4) is 33.4 Å². The van der Waals surface area contributed by atoms with Gasteiger partial charge in [-0.1, -0.05) is 152 Å². The molecular formula is C46H32N2O. The van der Waals surface area contributed by atoms with Crippen molar-refractivity contribution < 1.29 is 4.42 Å². The summed E-state index contributed by atoms with van der Waals surface area (Å²) in [4.78, 5) is 5.32. The number of fused-ring (bicyclic) bond motifs is 3. The maximum atomic E-state index is 6.49. The molecule has 1 unspecified atom stereocenters. The fraction of sp³-hybridized carbons (Fsp3) is 0.0217. The first-order valence-electron chi connectivity index (χ1n) is 16.7. The van der Waals surface area contributed by atoms with E-state index in [1.54, 1.807) is 0 Å². The maximum absolute atomic E-state index is 6.49. The van der Waals surface area contributed by atoms with Gasteiger partial charge in [-0.3, -0.25) is 0 Å². The van der Waals surface area contributed by atoms with E-state index in [4.69, 9.17) is 9.41 Å². The summed E-state index contributed by atoms with van der Waals surface area (Å²) in [6, 6.07) is 61.6. The van der Waals surface area contributed by atoms with Gasteiger partial charge < -0.3 is 9.73 Å². The summed E-state index contributed by atoms with van der Waals surface area (Å²) in [5, 5.41) is 6.02. The van der Waals surface area contributed by atoms with Gasteiger partial charge in [0.25, 0.3) is 0 Å². The first kappa shape index (κ1) is 28.7. The van der Waals surface area contributed by atoms with E-state index < -0.39 is 0 Å². The van der Waals surface area contributed by atoms with Gasteiger partial charge in [-0.05, 0) is 69.3 Å². The van der Waals surface area contributed by atoms with Gasteiger partial charge >= 0.3 is 0 Å². The van der Waals surface area contributed by atoms with Crippen LogP contribution in [0.25, 0.3) is 61.0 Å². The average molecular weight is 629 g/mol. The van der Waals surface area contributed by atoms with Crippen molar-refractivity contribution in [2.75, 3.05) is 0 Å². The molecule has 0 fully saturated rings. The van der Waals surface area contributed by atoms with Crippen LogP contribution in [0, 0.1) is 0 Å². The standard InChI is InChI=1S/C46H32N2O/c1-4-13-31(14-5-1)33-23-25-35(26-24-33)41-30-42(37-20-12-19-36(27-37)32-15-6-2-7-16-32)48-46(47-41)38-28-40(34-17-8-3-9-18-34)45-39-21-10-11-22-43(39)49-44(45)29-38/h1-30,41H,(H,47,48). The Morgan fingerprint density at radius 2 is 1.04 bits per heavy atom. The zero-order valence-electron chi connectivity index (χ0n) is 26.8. The van der Waals surface area contributed by atoms with Crippen LogP contribution in [0.1, 0.15) is 22.7 Å². The highest BCUT2D eigenvalue weighted by Gasteiger charge is 2.23. The van der Waals surface area contributed by atoms with Gasteiger partial charge in [0.05, 0.1) is 11.7 Å². The van der Waals surface area contributed by atoms with E-state index >= 15 is 0 Å². The first-order chi connectivity index (χ1) is 24.3. The molecule has 1 N–H and O–H groups in total. The number of hydrogen-bond donors (Lipinski definition) is 1. The molecule has 0 radical (unpaired) electrons. The van der Waals surface area contributed by atoms with Crippen molar-refractivity contribution in [2.24, 2.45) is 4.99 Å². The second-order valence-electron chi connectivity index (χ2n) is 12.4. The van der Waals surface area contributed by atoms with Gasteiger partial charge in [0, 0.05) is 21.9 Å². The minimum absolute atomic E-state index is 0.0979. The zero-order valence-corrected chi connectivity index (χ0v) is 26.8. The van der Waals surface area contributed by atoms with Crippen LogP contribution < -0.4 is 5.32 Å². The normalized spacial score (nSPS) is 14.3. The SMILES string of the molecule is C1=C(c2cccc(-c3ccccc3)c2)N=C(c2cc(-c3ccccc3)c3c(c2)oc2ccccc23)NC1c1ccc(-c2ccccc2)cc1. The molecule has 49 heavy (non-hydrogen) atoms. The molecule has 9 rings (SSSR count). The van der Waals surface area contributed by atoms with E-state index in [0.717, 1.165) is 66.9 Å². The molecule has 3 nitrogen and oxygen atoms in total. The molecule has 2 heterocycles. The molecule has 0 saturated carbocycles. The Bertz CT molecular complexity index is 2490. The van der Waals surface area contributed by atoms with E-state index in [0.29, 0.717) is 0 Å². The number of amidine groups is 1. The van der Waals surface area contributed by atoms with Crippen LogP contribution in [-0.2, 0) is 0 Å². The lowest BCUT2D eigenvalue weighted by Crippen LogP contribution is -2.31.